The fourth-order valence-corrected chi connectivity index (χ4v) is 1.96. The van der Waals surface area contributed by atoms with Gasteiger partial charge >= 0.3 is 0 Å². The topological polar surface area (TPSA) is 154 Å². The number of piperidine rings is 1. The molecule has 7 N–H and O–H groups in total. The quantitative estimate of drug-likeness (QED) is 0.227. The second-order valence-electron chi connectivity index (χ2n) is 4.59. The minimum Gasteiger partial charge on any atom is -0.394 e. The normalized spacial score (nSPS) is 31.1. The molecule has 4 atom stereocenters. The molecule has 9 nitrogen and oxygen atoms in total. The summed E-state index contributed by atoms with van der Waals surface area (Å²) in [5, 5.41) is 45.1. The standard InChI is InChI=1S/C10H20N4O5/c1-13(10(11)12)3-7(17)14-2-6(16)9(19)8(18)5(14)4-15/h5-6,8-9,15-16,18-19H,2-4H2,1H3,(H3,11,12). The Kier molecular flexibility index (Phi) is 5.06. The highest BCUT2D eigenvalue weighted by molar-refractivity contribution is 5.84. The van der Waals surface area contributed by atoms with Gasteiger partial charge < -0.3 is 36.0 Å². The average molecular weight is 276 g/mol. The predicted molar refractivity (Wildman–Crippen MR) is 65.2 cm³/mol. The number of carbonyl (C=O) groups is 1. The first kappa shape index (κ1) is 15.6. The second-order valence-corrected chi connectivity index (χ2v) is 4.59. The van der Waals surface area contributed by atoms with Crippen LogP contribution in [0.15, 0.2) is 0 Å². The maximum absolute atomic E-state index is 12.0. The Bertz CT molecular complexity index is 353. The lowest BCUT2D eigenvalue weighted by Crippen LogP contribution is -2.65. The summed E-state index contributed by atoms with van der Waals surface area (Å²) in [5.74, 6) is -0.811. The summed E-state index contributed by atoms with van der Waals surface area (Å²) < 4.78 is 0. The molecular formula is C10H20N4O5. The SMILES string of the molecule is CN(CC(=O)N1CC(O)C(O)C(O)C1CO)C(=N)N. The van der Waals surface area contributed by atoms with Gasteiger partial charge in [-0.25, -0.2) is 0 Å². The molecule has 9 heteroatoms. The van der Waals surface area contributed by atoms with E-state index in [1.807, 2.05) is 0 Å². The van der Waals surface area contributed by atoms with Crippen LogP contribution in [0.4, 0.5) is 0 Å². The summed E-state index contributed by atoms with van der Waals surface area (Å²) in [6.07, 6.45) is -4.13. The minimum atomic E-state index is -1.43. The van der Waals surface area contributed by atoms with Crippen molar-refractivity contribution in [2.24, 2.45) is 5.73 Å². The van der Waals surface area contributed by atoms with E-state index in [2.05, 4.69) is 0 Å². The highest BCUT2D eigenvalue weighted by atomic mass is 16.4. The van der Waals surface area contributed by atoms with E-state index in [4.69, 9.17) is 11.1 Å². The fourth-order valence-electron chi connectivity index (χ4n) is 1.96. The summed E-state index contributed by atoms with van der Waals surface area (Å²) in [7, 11) is 1.44. The third-order valence-electron chi connectivity index (χ3n) is 3.21. The molecule has 1 rings (SSSR count). The summed E-state index contributed by atoms with van der Waals surface area (Å²) >= 11 is 0. The highest BCUT2D eigenvalue weighted by Crippen LogP contribution is 2.19. The minimum absolute atomic E-state index is 0.200. The van der Waals surface area contributed by atoms with Crippen LogP contribution in [0, 0.1) is 5.41 Å². The molecule has 1 aliphatic heterocycles. The van der Waals surface area contributed by atoms with E-state index in [-0.39, 0.29) is 19.0 Å². The Hall–Kier alpha value is -1.42. The first-order valence-corrected chi connectivity index (χ1v) is 5.79. The number of β-amino-alcohol motifs (C(OH)–C–C–N with tert-alkyl or cyclic N) is 1. The molecule has 4 unspecified atom stereocenters. The number of guanidine groups is 1. The molecule has 0 aromatic heterocycles. The maximum Gasteiger partial charge on any atom is 0.242 e. The van der Waals surface area contributed by atoms with Crippen molar-refractivity contribution in [2.45, 2.75) is 24.4 Å². The number of hydrogen-bond donors (Lipinski definition) is 6. The van der Waals surface area contributed by atoms with Gasteiger partial charge in [-0.15, -0.1) is 0 Å². The lowest BCUT2D eigenvalue weighted by atomic mass is 9.94. The van der Waals surface area contributed by atoms with Crippen LogP contribution in [0.1, 0.15) is 0 Å². The fraction of sp³-hybridized carbons (Fsp3) is 0.800. The second kappa shape index (κ2) is 6.15. The Labute approximate surface area is 110 Å². The molecule has 1 fully saturated rings. The van der Waals surface area contributed by atoms with Crippen LogP contribution in [-0.4, -0.2) is 93.2 Å². The van der Waals surface area contributed by atoms with Gasteiger partial charge in [0.05, 0.1) is 19.2 Å². The Morgan fingerprint density at radius 2 is 2.00 bits per heavy atom. The maximum atomic E-state index is 12.0. The van der Waals surface area contributed by atoms with Crippen molar-refractivity contribution in [1.82, 2.24) is 9.80 Å². The van der Waals surface area contributed by atoms with Crippen molar-refractivity contribution in [3.8, 4) is 0 Å². The number of hydrogen-bond acceptors (Lipinski definition) is 6. The molecule has 0 radical (unpaired) electrons. The van der Waals surface area contributed by atoms with Gasteiger partial charge in [0, 0.05) is 13.6 Å². The summed E-state index contributed by atoms with van der Waals surface area (Å²) in [5.41, 5.74) is 5.21. The van der Waals surface area contributed by atoms with Crippen molar-refractivity contribution in [2.75, 3.05) is 26.7 Å². The number of nitrogens with two attached hydrogens (primary N) is 1. The summed E-state index contributed by atoms with van der Waals surface area (Å²) in [6.45, 7) is -0.962. The van der Waals surface area contributed by atoms with Crippen molar-refractivity contribution >= 4 is 11.9 Å². The first-order chi connectivity index (χ1) is 8.79. The van der Waals surface area contributed by atoms with Crippen LogP contribution in [0.25, 0.3) is 0 Å². The smallest absolute Gasteiger partial charge is 0.242 e. The molecule has 1 aliphatic rings. The highest BCUT2D eigenvalue weighted by Gasteiger charge is 2.43. The average Bonchev–Trinajstić information content (AvgIpc) is 2.35. The van der Waals surface area contributed by atoms with Crippen LogP contribution in [0.5, 0.6) is 0 Å². The van der Waals surface area contributed by atoms with Gasteiger partial charge in [-0.05, 0) is 0 Å². The molecule has 19 heavy (non-hydrogen) atoms. The zero-order valence-corrected chi connectivity index (χ0v) is 10.6. The Morgan fingerprint density at radius 1 is 1.42 bits per heavy atom. The third kappa shape index (κ3) is 3.32. The molecule has 0 aromatic carbocycles. The number of rotatable bonds is 3. The van der Waals surface area contributed by atoms with Crippen molar-refractivity contribution in [3.05, 3.63) is 0 Å². The van der Waals surface area contributed by atoms with Gasteiger partial charge in [0.15, 0.2) is 5.96 Å². The molecule has 0 bridgehead atoms. The van der Waals surface area contributed by atoms with Crippen LogP contribution < -0.4 is 5.73 Å². The van der Waals surface area contributed by atoms with Gasteiger partial charge in [0.2, 0.25) is 5.91 Å². The first-order valence-electron chi connectivity index (χ1n) is 5.79. The lowest BCUT2D eigenvalue weighted by Gasteiger charge is -2.43. The summed E-state index contributed by atoms with van der Waals surface area (Å²) in [4.78, 5) is 14.3. The largest absolute Gasteiger partial charge is 0.394 e. The van der Waals surface area contributed by atoms with E-state index in [0.29, 0.717) is 0 Å². The van der Waals surface area contributed by atoms with Gasteiger partial charge in [0.25, 0.3) is 0 Å². The molecule has 0 aliphatic carbocycles. The molecule has 0 aromatic rings. The number of aliphatic hydroxyl groups excluding tert-OH is 4. The van der Waals surface area contributed by atoms with E-state index < -0.39 is 36.9 Å². The summed E-state index contributed by atoms with van der Waals surface area (Å²) in [6, 6.07) is -0.994. The van der Waals surface area contributed by atoms with Crippen LogP contribution in [-0.2, 0) is 4.79 Å². The van der Waals surface area contributed by atoms with Crippen LogP contribution in [0.3, 0.4) is 0 Å². The molecule has 0 saturated carbocycles. The van der Waals surface area contributed by atoms with E-state index >= 15 is 0 Å². The molecule has 110 valence electrons. The molecule has 0 spiro atoms. The molecular weight excluding hydrogens is 256 g/mol. The van der Waals surface area contributed by atoms with Crippen molar-refractivity contribution in [1.29, 1.82) is 5.41 Å². The monoisotopic (exact) mass is 276 g/mol. The number of aliphatic hydroxyl groups is 4. The number of nitrogens with one attached hydrogen (secondary N) is 1. The number of carbonyl (C=O) groups excluding carboxylic acids is 1. The van der Waals surface area contributed by atoms with E-state index in [1.54, 1.807) is 0 Å². The number of likely N-dealkylation sites (N-methyl/N-ethyl adjacent to an activating group) is 1. The Balaban J connectivity index is 2.79. The van der Waals surface area contributed by atoms with Gasteiger partial charge in [0.1, 0.15) is 18.3 Å². The number of likely N-dealkylation sites (tertiary alicyclic amines) is 1. The van der Waals surface area contributed by atoms with Crippen molar-refractivity contribution in [3.63, 3.8) is 0 Å². The zero-order valence-electron chi connectivity index (χ0n) is 10.6. The molecule has 1 heterocycles. The predicted octanol–water partition coefficient (Wildman–Crippen LogP) is -3.90. The lowest BCUT2D eigenvalue weighted by molar-refractivity contribution is -0.166. The third-order valence-corrected chi connectivity index (χ3v) is 3.21. The van der Waals surface area contributed by atoms with E-state index in [1.165, 1.54) is 11.9 Å². The van der Waals surface area contributed by atoms with Crippen LogP contribution >= 0.6 is 0 Å². The molecule has 1 saturated heterocycles. The van der Waals surface area contributed by atoms with E-state index in [9.17, 15) is 25.2 Å². The van der Waals surface area contributed by atoms with Gasteiger partial charge in [-0.2, -0.15) is 0 Å². The number of amides is 1. The number of nitrogens with zero attached hydrogens (tertiary/aromatic N) is 2. The van der Waals surface area contributed by atoms with Crippen LogP contribution in [0.2, 0.25) is 0 Å². The van der Waals surface area contributed by atoms with Gasteiger partial charge in [-0.3, -0.25) is 10.2 Å². The van der Waals surface area contributed by atoms with E-state index in [0.717, 1.165) is 4.90 Å². The van der Waals surface area contributed by atoms with Crippen molar-refractivity contribution < 1.29 is 25.2 Å². The zero-order chi connectivity index (χ0) is 14.7. The molecule has 1 amide bonds. The van der Waals surface area contributed by atoms with Gasteiger partial charge in [-0.1, -0.05) is 0 Å². The Morgan fingerprint density at radius 3 is 2.47 bits per heavy atom.